The molecule has 0 aromatic heterocycles. The third kappa shape index (κ3) is 5.52. The van der Waals surface area contributed by atoms with E-state index in [9.17, 15) is 9.59 Å². The topological polar surface area (TPSA) is 84.2 Å². The van der Waals surface area contributed by atoms with Crippen molar-refractivity contribution in [1.82, 2.24) is 0 Å². The van der Waals surface area contributed by atoms with Crippen molar-refractivity contribution in [1.29, 1.82) is 0 Å². The van der Waals surface area contributed by atoms with Crippen molar-refractivity contribution >= 4 is 34.8 Å². The molecule has 1 aliphatic carbocycles. The van der Waals surface area contributed by atoms with Crippen molar-refractivity contribution in [2.75, 3.05) is 17.2 Å². The van der Waals surface area contributed by atoms with Crippen LogP contribution in [0.1, 0.15) is 44.9 Å². The number of carbonyl (C=O) groups excluding carboxylic acids is 2. The Kier molecular flexibility index (Phi) is 6.86. The molecule has 1 aliphatic rings. The first kappa shape index (κ1) is 17.8. The zero-order valence-corrected chi connectivity index (χ0v) is 14.0. The van der Waals surface area contributed by atoms with Crippen LogP contribution in [0.3, 0.4) is 0 Å². The molecule has 0 aliphatic heterocycles. The van der Waals surface area contributed by atoms with E-state index < -0.39 is 0 Å². The maximum Gasteiger partial charge on any atom is 0.227 e. The fraction of sp³-hybridized carbons (Fsp3) is 0.529. The minimum atomic E-state index is -0.0951. The number of halogens is 1. The molecule has 0 saturated heterocycles. The Hall–Kier alpha value is -1.59. The number of benzene rings is 1. The summed E-state index contributed by atoms with van der Waals surface area (Å²) >= 11 is 6.16. The van der Waals surface area contributed by atoms with Gasteiger partial charge < -0.3 is 16.4 Å². The van der Waals surface area contributed by atoms with Gasteiger partial charge in [0.2, 0.25) is 11.8 Å². The quantitative estimate of drug-likeness (QED) is 0.742. The van der Waals surface area contributed by atoms with Gasteiger partial charge in [-0.1, -0.05) is 30.9 Å². The standard InChI is InChI=1S/C17H24ClN3O2/c18-14-9-8-13(20-16(22)7-4-10-19)11-15(14)21-17(23)12-5-2-1-3-6-12/h8-9,11-12H,1-7,10,19H2,(H,20,22)(H,21,23). The largest absolute Gasteiger partial charge is 0.330 e. The molecule has 1 aromatic rings. The van der Waals surface area contributed by atoms with E-state index in [4.69, 9.17) is 17.3 Å². The molecule has 0 atom stereocenters. The summed E-state index contributed by atoms with van der Waals surface area (Å²) in [6.45, 7) is 0.483. The van der Waals surface area contributed by atoms with Crippen LogP contribution in [-0.4, -0.2) is 18.4 Å². The molecular formula is C17H24ClN3O2. The molecule has 6 heteroatoms. The normalized spacial score (nSPS) is 15.2. The summed E-state index contributed by atoms with van der Waals surface area (Å²) in [5.41, 5.74) is 6.56. The van der Waals surface area contributed by atoms with Crippen LogP contribution in [0.4, 0.5) is 11.4 Å². The first-order valence-electron chi connectivity index (χ1n) is 8.20. The molecule has 126 valence electrons. The minimum absolute atomic E-state index is 0.0122. The Bertz CT molecular complexity index is 557. The molecule has 1 fully saturated rings. The van der Waals surface area contributed by atoms with Crippen LogP contribution in [-0.2, 0) is 9.59 Å². The lowest BCUT2D eigenvalue weighted by Crippen LogP contribution is -2.25. The van der Waals surface area contributed by atoms with Crippen LogP contribution in [0.15, 0.2) is 18.2 Å². The first-order chi connectivity index (χ1) is 11.1. The summed E-state index contributed by atoms with van der Waals surface area (Å²) in [6, 6.07) is 5.10. The van der Waals surface area contributed by atoms with Crippen molar-refractivity contribution in [3.63, 3.8) is 0 Å². The molecule has 1 aromatic carbocycles. The molecule has 2 rings (SSSR count). The van der Waals surface area contributed by atoms with Crippen LogP contribution in [0, 0.1) is 5.92 Å². The maximum absolute atomic E-state index is 12.3. The summed E-state index contributed by atoms with van der Waals surface area (Å²) in [4.78, 5) is 24.1. The molecule has 0 radical (unpaired) electrons. The number of nitrogens with two attached hydrogens (primary N) is 1. The molecule has 0 bridgehead atoms. The molecule has 23 heavy (non-hydrogen) atoms. The van der Waals surface area contributed by atoms with Gasteiger partial charge in [-0.3, -0.25) is 9.59 Å². The Balaban J connectivity index is 1.99. The maximum atomic E-state index is 12.3. The third-order valence-electron chi connectivity index (χ3n) is 4.09. The van der Waals surface area contributed by atoms with Crippen molar-refractivity contribution in [3.8, 4) is 0 Å². The van der Waals surface area contributed by atoms with Gasteiger partial charge in [0.15, 0.2) is 0 Å². The summed E-state index contributed by atoms with van der Waals surface area (Å²) in [6.07, 6.45) is 6.28. The highest BCUT2D eigenvalue weighted by Crippen LogP contribution is 2.29. The minimum Gasteiger partial charge on any atom is -0.330 e. The number of nitrogens with one attached hydrogen (secondary N) is 2. The second-order valence-electron chi connectivity index (χ2n) is 5.96. The van der Waals surface area contributed by atoms with Crippen LogP contribution < -0.4 is 16.4 Å². The Labute approximate surface area is 142 Å². The molecule has 0 unspecified atom stereocenters. The fourth-order valence-corrected chi connectivity index (χ4v) is 2.95. The van der Waals surface area contributed by atoms with Crippen LogP contribution >= 0.6 is 11.6 Å². The highest BCUT2D eigenvalue weighted by molar-refractivity contribution is 6.33. The van der Waals surface area contributed by atoms with Gasteiger partial charge in [0.1, 0.15) is 0 Å². The predicted molar refractivity (Wildman–Crippen MR) is 93.6 cm³/mol. The SMILES string of the molecule is NCCCC(=O)Nc1ccc(Cl)c(NC(=O)C2CCCCC2)c1. The highest BCUT2D eigenvalue weighted by atomic mass is 35.5. The van der Waals surface area contributed by atoms with Crippen LogP contribution in [0.25, 0.3) is 0 Å². The fourth-order valence-electron chi connectivity index (χ4n) is 2.78. The summed E-state index contributed by atoms with van der Waals surface area (Å²) in [5, 5.41) is 6.15. The second-order valence-corrected chi connectivity index (χ2v) is 6.37. The Morgan fingerprint density at radius 2 is 1.91 bits per heavy atom. The predicted octanol–water partition coefficient (Wildman–Crippen LogP) is 3.54. The Morgan fingerprint density at radius 3 is 2.61 bits per heavy atom. The van der Waals surface area contributed by atoms with Crippen LogP contribution in [0.5, 0.6) is 0 Å². The van der Waals surface area contributed by atoms with Gasteiger partial charge in [0, 0.05) is 18.0 Å². The van der Waals surface area contributed by atoms with E-state index in [-0.39, 0.29) is 17.7 Å². The smallest absolute Gasteiger partial charge is 0.227 e. The van der Waals surface area contributed by atoms with Gasteiger partial charge in [-0.2, -0.15) is 0 Å². The molecule has 1 saturated carbocycles. The first-order valence-corrected chi connectivity index (χ1v) is 8.58. The van der Waals surface area contributed by atoms with Crippen molar-refractivity contribution in [2.24, 2.45) is 11.7 Å². The molecule has 4 N–H and O–H groups in total. The van der Waals surface area contributed by atoms with Gasteiger partial charge in [-0.25, -0.2) is 0 Å². The lowest BCUT2D eigenvalue weighted by Gasteiger charge is -2.21. The van der Waals surface area contributed by atoms with Crippen molar-refractivity contribution in [2.45, 2.75) is 44.9 Å². The number of carbonyl (C=O) groups is 2. The van der Waals surface area contributed by atoms with Crippen molar-refractivity contribution < 1.29 is 9.59 Å². The summed E-state index contributed by atoms with van der Waals surface area (Å²) in [5.74, 6) is -0.0249. The highest BCUT2D eigenvalue weighted by Gasteiger charge is 2.21. The van der Waals surface area contributed by atoms with Gasteiger partial charge in [0.25, 0.3) is 0 Å². The number of amides is 2. The zero-order valence-electron chi connectivity index (χ0n) is 13.2. The van der Waals surface area contributed by atoms with Gasteiger partial charge in [-0.05, 0) is 44.0 Å². The zero-order chi connectivity index (χ0) is 16.7. The van der Waals surface area contributed by atoms with Gasteiger partial charge in [-0.15, -0.1) is 0 Å². The summed E-state index contributed by atoms with van der Waals surface area (Å²) in [7, 11) is 0. The third-order valence-corrected chi connectivity index (χ3v) is 4.42. The van der Waals surface area contributed by atoms with E-state index >= 15 is 0 Å². The Morgan fingerprint density at radius 1 is 1.17 bits per heavy atom. The average Bonchev–Trinajstić information content (AvgIpc) is 2.56. The average molecular weight is 338 g/mol. The van der Waals surface area contributed by atoms with Crippen LogP contribution in [0.2, 0.25) is 5.02 Å². The molecular weight excluding hydrogens is 314 g/mol. The molecule has 0 spiro atoms. The molecule has 2 amide bonds. The molecule has 5 nitrogen and oxygen atoms in total. The van der Waals surface area contributed by atoms with E-state index in [0.717, 1.165) is 25.7 Å². The summed E-state index contributed by atoms with van der Waals surface area (Å²) < 4.78 is 0. The van der Waals surface area contributed by atoms with Crippen molar-refractivity contribution in [3.05, 3.63) is 23.2 Å². The van der Waals surface area contributed by atoms with E-state index in [1.54, 1.807) is 18.2 Å². The van der Waals surface area contributed by atoms with Gasteiger partial charge in [0.05, 0.1) is 10.7 Å². The number of anilines is 2. The lowest BCUT2D eigenvalue weighted by atomic mass is 9.88. The number of hydrogen-bond donors (Lipinski definition) is 3. The van der Waals surface area contributed by atoms with E-state index in [1.807, 2.05) is 0 Å². The molecule has 0 heterocycles. The monoisotopic (exact) mass is 337 g/mol. The number of rotatable bonds is 6. The lowest BCUT2D eigenvalue weighted by molar-refractivity contribution is -0.120. The second kappa shape index (κ2) is 8.89. The van der Waals surface area contributed by atoms with E-state index in [2.05, 4.69) is 10.6 Å². The number of hydrogen-bond acceptors (Lipinski definition) is 3. The van der Waals surface area contributed by atoms with Gasteiger partial charge >= 0.3 is 0 Å². The van der Waals surface area contributed by atoms with E-state index in [0.29, 0.717) is 35.8 Å². The van der Waals surface area contributed by atoms with E-state index in [1.165, 1.54) is 6.42 Å².